The summed E-state index contributed by atoms with van der Waals surface area (Å²) in [4.78, 5) is 6.33. The third-order valence-electron chi connectivity index (χ3n) is 3.19. The molecule has 0 spiro atoms. The minimum atomic E-state index is 0.762. The lowest BCUT2D eigenvalue weighted by Gasteiger charge is -2.16. The summed E-state index contributed by atoms with van der Waals surface area (Å²) in [6.07, 6.45) is 6.72. The first-order valence-corrected chi connectivity index (χ1v) is 6.89. The molecule has 2 aromatic heterocycles. The van der Waals surface area contributed by atoms with E-state index in [0.29, 0.717) is 0 Å². The molecule has 0 saturated heterocycles. The van der Waals surface area contributed by atoms with Gasteiger partial charge in [0.2, 0.25) is 0 Å². The van der Waals surface area contributed by atoms with Crippen molar-refractivity contribution in [3.63, 3.8) is 0 Å². The molecular formula is C14H22N6. The Morgan fingerprint density at radius 1 is 1.25 bits per heavy atom. The van der Waals surface area contributed by atoms with Gasteiger partial charge in [0.1, 0.15) is 0 Å². The van der Waals surface area contributed by atoms with E-state index in [1.54, 1.807) is 0 Å². The van der Waals surface area contributed by atoms with Crippen molar-refractivity contribution in [3.05, 3.63) is 42.0 Å². The summed E-state index contributed by atoms with van der Waals surface area (Å²) >= 11 is 0. The zero-order valence-electron chi connectivity index (χ0n) is 12.2. The SMILES string of the molecule is CNCc1cn(CCN(C)CCc2ccncc2)nn1. The molecule has 2 aromatic rings. The van der Waals surface area contributed by atoms with E-state index in [9.17, 15) is 0 Å². The Balaban J connectivity index is 1.70. The molecule has 0 fully saturated rings. The number of nitrogens with one attached hydrogen (secondary N) is 1. The largest absolute Gasteiger partial charge is 0.314 e. The average molecular weight is 274 g/mol. The molecule has 0 aliphatic carbocycles. The first-order valence-electron chi connectivity index (χ1n) is 6.89. The highest BCUT2D eigenvalue weighted by Crippen LogP contribution is 1.99. The van der Waals surface area contributed by atoms with E-state index in [0.717, 1.165) is 38.3 Å². The van der Waals surface area contributed by atoms with Crippen molar-refractivity contribution in [2.24, 2.45) is 0 Å². The molecule has 0 aliphatic heterocycles. The molecule has 0 bridgehead atoms. The Morgan fingerprint density at radius 2 is 2.05 bits per heavy atom. The van der Waals surface area contributed by atoms with Gasteiger partial charge in [0.05, 0.1) is 12.2 Å². The van der Waals surface area contributed by atoms with Crippen LogP contribution >= 0.6 is 0 Å². The minimum Gasteiger partial charge on any atom is -0.314 e. The van der Waals surface area contributed by atoms with Gasteiger partial charge in [-0.05, 0) is 38.2 Å². The Kier molecular flexibility index (Phi) is 5.64. The first-order chi connectivity index (χ1) is 9.78. The molecule has 0 saturated carbocycles. The normalized spacial score (nSPS) is 11.2. The van der Waals surface area contributed by atoms with Crippen LogP contribution in [0.2, 0.25) is 0 Å². The Hall–Kier alpha value is -1.79. The minimum absolute atomic E-state index is 0.762. The van der Waals surface area contributed by atoms with Crippen molar-refractivity contribution in [2.75, 3.05) is 27.2 Å². The van der Waals surface area contributed by atoms with Gasteiger partial charge in [0.25, 0.3) is 0 Å². The van der Waals surface area contributed by atoms with Gasteiger partial charge in [-0.2, -0.15) is 0 Å². The van der Waals surface area contributed by atoms with Gasteiger partial charge in [0.15, 0.2) is 0 Å². The van der Waals surface area contributed by atoms with Crippen molar-refractivity contribution in [1.82, 2.24) is 30.2 Å². The standard InChI is InChI=1S/C14H22N6/c1-15-11-14-12-20(18-17-14)10-9-19(2)8-5-13-3-6-16-7-4-13/h3-4,6-7,12,15H,5,8-11H2,1-2H3. The van der Waals surface area contributed by atoms with E-state index in [4.69, 9.17) is 0 Å². The second-order valence-electron chi connectivity index (χ2n) is 4.91. The highest BCUT2D eigenvalue weighted by atomic mass is 15.4. The highest BCUT2D eigenvalue weighted by Gasteiger charge is 2.02. The lowest BCUT2D eigenvalue weighted by Crippen LogP contribution is -2.25. The molecule has 2 heterocycles. The van der Waals surface area contributed by atoms with Crippen molar-refractivity contribution < 1.29 is 0 Å². The topological polar surface area (TPSA) is 58.9 Å². The van der Waals surface area contributed by atoms with Crippen LogP contribution in [0.1, 0.15) is 11.3 Å². The monoisotopic (exact) mass is 274 g/mol. The van der Waals surface area contributed by atoms with Crippen LogP contribution in [0.15, 0.2) is 30.7 Å². The van der Waals surface area contributed by atoms with Gasteiger partial charge in [-0.3, -0.25) is 9.67 Å². The smallest absolute Gasteiger partial charge is 0.0964 e. The molecule has 1 N–H and O–H groups in total. The highest BCUT2D eigenvalue weighted by molar-refractivity contribution is 5.09. The summed E-state index contributed by atoms with van der Waals surface area (Å²) in [5.74, 6) is 0. The lowest BCUT2D eigenvalue weighted by molar-refractivity contribution is 0.314. The summed E-state index contributed by atoms with van der Waals surface area (Å²) in [7, 11) is 4.04. The number of pyridine rings is 1. The molecule has 2 rings (SSSR count). The lowest BCUT2D eigenvalue weighted by atomic mass is 10.2. The van der Waals surface area contributed by atoms with Crippen molar-refractivity contribution in [1.29, 1.82) is 0 Å². The summed E-state index contributed by atoms with van der Waals surface area (Å²) in [5.41, 5.74) is 2.30. The molecule has 20 heavy (non-hydrogen) atoms. The van der Waals surface area contributed by atoms with Gasteiger partial charge in [-0.15, -0.1) is 5.10 Å². The zero-order valence-corrected chi connectivity index (χ0v) is 12.2. The number of nitrogens with zero attached hydrogens (tertiary/aromatic N) is 5. The summed E-state index contributed by atoms with van der Waals surface area (Å²) in [5, 5.41) is 11.3. The summed E-state index contributed by atoms with van der Waals surface area (Å²) < 4.78 is 1.90. The van der Waals surface area contributed by atoms with E-state index >= 15 is 0 Å². The van der Waals surface area contributed by atoms with Gasteiger partial charge >= 0.3 is 0 Å². The fourth-order valence-corrected chi connectivity index (χ4v) is 1.96. The molecular weight excluding hydrogens is 252 g/mol. The first kappa shape index (κ1) is 14.6. The molecule has 0 aromatic carbocycles. The molecule has 0 aliphatic rings. The van der Waals surface area contributed by atoms with E-state index in [1.807, 2.05) is 30.3 Å². The second kappa shape index (κ2) is 7.72. The van der Waals surface area contributed by atoms with E-state index in [-0.39, 0.29) is 0 Å². The fourth-order valence-electron chi connectivity index (χ4n) is 1.96. The van der Waals surface area contributed by atoms with Crippen molar-refractivity contribution >= 4 is 0 Å². The second-order valence-corrected chi connectivity index (χ2v) is 4.91. The van der Waals surface area contributed by atoms with Crippen LogP contribution in [-0.4, -0.2) is 52.1 Å². The summed E-state index contributed by atoms with van der Waals surface area (Å²) in [6, 6.07) is 4.13. The van der Waals surface area contributed by atoms with Gasteiger partial charge in [0, 0.05) is 38.2 Å². The Bertz CT molecular complexity index is 495. The third kappa shape index (κ3) is 4.71. The molecule has 0 atom stereocenters. The predicted molar refractivity (Wildman–Crippen MR) is 78.2 cm³/mol. The maximum Gasteiger partial charge on any atom is 0.0964 e. The molecule has 6 heteroatoms. The maximum absolute atomic E-state index is 4.12. The fraction of sp³-hybridized carbons (Fsp3) is 0.500. The van der Waals surface area contributed by atoms with Crippen molar-refractivity contribution in [2.45, 2.75) is 19.5 Å². The van der Waals surface area contributed by atoms with Crippen LogP contribution in [0, 0.1) is 0 Å². The van der Waals surface area contributed by atoms with E-state index in [1.165, 1.54) is 5.56 Å². The van der Waals surface area contributed by atoms with Crippen LogP contribution in [0.5, 0.6) is 0 Å². The van der Waals surface area contributed by atoms with Gasteiger partial charge < -0.3 is 10.2 Å². The number of aromatic nitrogens is 4. The van der Waals surface area contributed by atoms with Crippen molar-refractivity contribution in [3.8, 4) is 0 Å². The molecule has 0 unspecified atom stereocenters. The molecule has 0 amide bonds. The molecule has 6 nitrogen and oxygen atoms in total. The average Bonchev–Trinajstić information content (AvgIpc) is 2.92. The van der Waals surface area contributed by atoms with Crippen LogP contribution in [0.3, 0.4) is 0 Å². The molecule has 0 radical (unpaired) electrons. The van der Waals surface area contributed by atoms with Gasteiger partial charge in [-0.1, -0.05) is 5.21 Å². The predicted octanol–water partition coefficient (Wildman–Crippen LogP) is 0.567. The maximum atomic E-state index is 4.12. The summed E-state index contributed by atoms with van der Waals surface area (Å²) in [6.45, 7) is 3.62. The van der Waals surface area contributed by atoms with Crippen LogP contribution in [0.4, 0.5) is 0 Å². The van der Waals surface area contributed by atoms with Gasteiger partial charge in [-0.25, -0.2) is 0 Å². The van der Waals surface area contributed by atoms with Crippen LogP contribution in [-0.2, 0) is 19.5 Å². The van der Waals surface area contributed by atoms with E-state index < -0.39 is 0 Å². The van der Waals surface area contributed by atoms with Crippen LogP contribution in [0.25, 0.3) is 0 Å². The number of hydrogen-bond acceptors (Lipinski definition) is 5. The number of rotatable bonds is 8. The Morgan fingerprint density at radius 3 is 2.80 bits per heavy atom. The van der Waals surface area contributed by atoms with Crippen LogP contribution < -0.4 is 5.32 Å². The quantitative estimate of drug-likeness (QED) is 0.762. The number of hydrogen-bond donors (Lipinski definition) is 1. The molecule has 108 valence electrons. The zero-order chi connectivity index (χ0) is 14.2. The number of likely N-dealkylation sites (N-methyl/N-ethyl adjacent to an activating group) is 1. The third-order valence-corrected chi connectivity index (χ3v) is 3.19. The Labute approximate surface area is 119 Å². The van der Waals surface area contributed by atoms with E-state index in [2.05, 4.69) is 44.7 Å².